The molecule has 0 aromatic rings. The highest BCUT2D eigenvalue weighted by atomic mass is 16.3. The minimum absolute atomic E-state index is 0.0261. The van der Waals surface area contributed by atoms with Gasteiger partial charge in [-0.1, -0.05) is 44.6 Å². The van der Waals surface area contributed by atoms with Crippen LogP contribution in [0.4, 0.5) is 0 Å². The first-order valence-corrected chi connectivity index (χ1v) is 7.13. The van der Waals surface area contributed by atoms with Crippen molar-refractivity contribution in [3.63, 3.8) is 0 Å². The fourth-order valence-corrected chi connectivity index (χ4v) is 2.75. The topological polar surface area (TPSA) is 20.2 Å². The van der Waals surface area contributed by atoms with Gasteiger partial charge in [-0.2, -0.15) is 0 Å². The molecule has 0 saturated heterocycles. The van der Waals surface area contributed by atoms with Crippen molar-refractivity contribution in [2.24, 2.45) is 5.92 Å². The summed E-state index contributed by atoms with van der Waals surface area (Å²) < 4.78 is 0. The molecule has 0 heterocycles. The summed E-state index contributed by atoms with van der Waals surface area (Å²) in [5.41, 5.74) is 0. The number of hydrogen-bond donors (Lipinski definition) is 1. The zero-order chi connectivity index (χ0) is 11.6. The van der Waals surface area contributed by atoms with E-state index in [0.717, 1.165) is 12.8 Å². The van der Waals surface area contributed by atoms with E-state index in [0.29, 0.717) is 5.92 Å². The fourth-order valence-electron chi connectivity index (χ4n) is 2.75. The third-order valence-corrected chi connectivity index (χ3v) is 3.85. The molecule has 0 amide bonds. The number of unbranched alkanes of at least 4 members (excludes halogenated alkanes) is 3. The van der Waals surface area contributed by atoms with Gasteiger partial charge in [0.05, 0.1) is 6.10 Å². The molecule has 1 saturated carbocycles. The number of allylic oxidation sites excluding steroid dienone is 1. The Morgan fingerprint density at radius 1 is 1.06 bits per heavy atom. The van der Waals surface area contributed by atoms with E-state index < -0.39 is 0 Å². The van der Waals surface area contributed by atoms with Crippen LogP contribution in [0.1, 0.15) is 70.6 Å². The monoisotopic (exact) mass is 224 g/mol. The van der Waals surface area contributed by atoms with Crippen LogP contribution in [-0.4, -0.2) is 11.2 Å². The van der Waals surface area contributed by atoms with E-state index in [1.165, 1.54) is 57.8 Å². The second kappa shape index (κ2) is 8.81. The molecule has 16 heavy (non-hydrogen) atoms. The van der Waals surface area contributed by atoms with Crippen molar-refractivity contribution in [2.75, 3.05) is 0 Å². The van der Waals surface area contributed by atoms with Crippen LogP contribution in [0.2, 0.25) is 0 Å². The van der Waals surface area contributed by atoms with Crippen LogP contribution < -0.4 is 0 Å². The molecule has 0 radical (unpaired) electrons. The highest BCUT2D eigenvalue weighted by Crippen LogP contribution is 2.27. The van der Waals surface area contributed by atoms with Crippen molar-refractivity contribution in [1.29, 1.82) is 0 Å². The van der Waals surface area contributed by atoms with Crippen LogP contribution in [0, 0.1) is 5.92 Å². The Bertz CT molecular complexity index is 168. The first-order chi connectivity index (χ1) is 7.84. The molecule has 0 aliphatic heterocycles. The molecule has 1 heteroatoms. The third-order valence-electron chi connectivity index (χ3n) is 3.85. The molecule has 0 spiro atoms. The van der Waals surface area contributed by atoms with Crippen molar-refractivity contribution in [1.82, 2.24) is 0 Å². The maximum absolute atomic E-state index is 10.1. The van der Waals surface area contributed by atoms with Crippen LogP contribution in [0.15, 0.2) is 12.7 Å². The van der Waals surface area contributed by atoms with Gasteiger partial charge in [0.2, 0.25) is 0 Å². The van der Waals surface area contributed by atoms with Crippen LogP contribution in [0.5, 0.6) is 0 Å². The highest BCUT2D eigenvalue weighted by Gasteiger charge is 2.19. The second-order valence-electron chi connectivity index (χ2n) is 5.25. The Labute approximate surface area is 101 Å². The first-order valence-electron chi connectivity index (χ1n) is 7.13. The standard InChI is InChI=1S/C15H28O/c1-2-3-4-5-10-13-15(16)14-11-8-6-7-9-12-14/h2,14-16H,1,3-13H2. The molecule has 1 N–H and O–H groups in total. The molecule has 1 nitrogen and oxygen atoms in total. The molecule has 1 atom stereocenters. The van der Waals surface area contributed by atoms with Gasteiger partial charge >= 0.3 is 0 Å². The molecule has 1 unspecified atom stereocenters. The van der Waals surface area contributed by atoms with Gasteiger partial charge in [0.25, 0.3) is 0 Å². The first kappa shape index (κ1) is 13.8. The Morgan fingerprint density at radius 2 is 1.75 bits per heavy atom. The van der Waals surface area contributed by atoms with Crippen molar-refractivity contribution in [2.45, 2.75) is 76.7 Å². The quantitative estimate of drug-likeness (QED) is 0.385. The lowest BCUT2D eigenvalue weighted by atomic mass is 9.90. The Balaban J connectivity index is 2.07. The predicted octanol–water partition coefficient (Wildman–Crippen LogP) is 4.45. The summed E-state index contributed by atoms with van der Waals surface area (Å²) in [6, 6.07) is 0. The lowest BCUT2D eigenvalue weighted by Crippen LogP contribution is -2.19. The average molecular weight is 224 g/mol. The van der Waals surface area contributed by atoms with E-state index in [1.807, 2.05) is 6.08 Å². The normalized spacial score (nSPS) is 20.3. The lowest BCUT2D eigenvalue weighted by Gasteiger charge is -2.21. The van der Waals surface area contributed by atoms with Crippen LogP contribution in [-0.2, 0) is 0 Å². The number of rotatable bonds is 7. The summed E-state index contributed by atoms with van der Waals surface area (Å²) >= 11 is 0. The lowest BCUT2D eigenvalue weighted by molar-refractivity contribution is 0.0874. The molecule has 0 aromatic carbocycles. The summed E-state index contributed by atoms with van der Waals surface area (Å²) in [5, 5.41) is 10.1. The van der Waals surface area contributed by atoms with Crippen LogP contribution in [0.3, 0.4) is 0 Å². The third kappa shape index (κ3) is 5.69. The van der Waals surface area contributed by atoms with Crippen molar-refractivity contribution >= 4 is 0 Å². The van der Waals surface area contributed by atoms with Gasteiger partial charge < -0.3 is 5.11 Å². The number of aliphatic hydroxyl groups excluding tert-OH is 1. The van der Waals surface area contributed by atoms with Gasteiger partial charge in [-0.3, -0.25) is 0 Å². The van der Waals surface area contributed by atoms with Crippen molar-refractivity contribution in [3.8, 4) is 0 Å². The fraction of sp³-hybridized carbons (Fsp3) is 0.867. The smallest absolute Gasteiger partial charge is 0.0568 e. The molecule has 0 aromatic heterocycles. The van der Waals surface area contributed by atoms with E-state index in [9.17, 15) is 5.11 Å². The molecule has 1 aliphatic carbocycles. The molecule has 94 valence electrons. The summed E-state index contributed by atoms with van der Waals surface area (Å²) in [5.74, 6) is 0.599. The van der Waals surface area contributed by atoms with Crippen LogP contribution >= 0.6 is 0 Å². The van der Waals surface area contributed by atoms with Crippen LogP contribution in [0.25, 0.3) is 0 Å². The Morgan fingerprint density at radius 3 is 2.38 bits per heavy atom. The van der Waals surface area contributed by atoms with E-state index in [4.69, 9.17) is 0 Å². The minimum atomic E-state index is -0.0261. The zero-order valence-electron chi connectivity index (χ0n) is 10.7. The molecule has 1 fully saturated rings. The molecule has 1 aliphatic rings. The average Bonchev–Trinajstić information content (AvgIpc) is 2.57. The second-order valence-corrected chi connectivity index (χ2v) is 5.25. The Kier molecular flexibility index (Phi) is 7.58. The summed E-state index contributed by atoms with van der Waals surface area (Å²) in [6.07, 6.45) is 15.7. The van der Waals surface area contributed by atoms with E-state index in [1.54, 1.807) is 0 Å². The number of hydrogen-bond acceptors (Lipinski definition) is 1. The minimum Gasteiger partial charge on any atom is -0.393 e. The predicted molar refractivity (Wildman–Crippen MR) is 70.5 cm³/mol. The van der Waals surface area contributed by atoms with Crippen molar-refractivity contribution in [3.05, 3.63) is 12.7 Å². The SMILES string of the molecule is C=CCCCCCC(O)C1CCCCCC1. The van der Waals surface area contributed by atoms with E-state index >= 15 is 0 Å². The molecule has 0 bridgehead atoms. The highest BCUT2D eigenvalue weighted by molar-refractivity contribution is 4.72. The zero-order valence-corrected chi connectivity index (χ0v) is 10.7. The molecular formula is C15H28O. The Hall–Kier alpha value is -0.300. The van der Waals surface area contributed by atoms with Gasteiger partial charge in [-0.25, -0.2) is 0 Å². The summed E-state index contributed by atoms with van der Waals surface area (Å²) in [4.78, 5) is 0. The van der Waals surface area contributed by atoms with Gasteiger partial charge in [0.15, 0.2) is 0 Å². The van der Waals surface area contributed by atoms with Gasteiger partial charge in [-0.15, -0.1) is 6.58 Å². The molecule has 1 rings (SSSR count). The number of aliphatic hydroxyl groups is 1. The maximum atomic E-state index is 10.1. The summed E-state index contributed by atoms with van der Waals surface area (Å²) in [7, 11) is 0. The molecular weight excluding hydrogens is 196 g/mol. The van der Waals surface area contributed by atoms with Gasteiger partial charge in [0.1, 0.15) is 0 Å². The van der Waals surface area contributed by atoms with E-state index in [-0.39, 0.29) is 6.10 Å². The summed E-state index contributed by atoms with van der Waals surface area (Å²) in [6.45, 7) is 3.73. The van der Waals surface area contributed by atoms with E-state index in [2.05, 4.69) is 6.58 Å². The van der Waals surface area contributed by atoms with Gasteiger partial charge in [-0.05, 0) is 38.0 Å². The van der Waals surface area contributed by atoms with Crippen molar-refractivity contribution < 1.29 is 5.11 Å². The van der Waals surface area contributed by atoms with Gasteiger partial charge in [0, 0.05) is 0 Å². The maximum Gasteiger partial charge on any atom is 0.0568 e. The largest absolute Gasteiger partial charge is 0.393 e.